The Morgan fingerprint density at radius 2 is 2.18 bits per heavy atom. The van der Waals surface area contributed by atoms with Crippen LogP contribution in [-0.2, 0) is 4.74 Å². The van der Waals surface area contributed by atoms with Crippen LogP contribution in [0.25, 0.3) is 0 Å². The number of hydrogen-bond acceptors (Lipinski definition) is 4. The lowest BCUT2D eigenvalue weighted by molar-refractivity contribution is 0.131. The number of ether oxygens (including phenoxy) is 1. The van der Waals surface area contributed by atoms with Crippen molar-refractivity contribution < 1.29 is 9.84 Å². The third-order valence-electron chi connectivity index (χ3n) is 3.81. The van der Waals surface area contributed by atoms with Gasteiger partial charge in [0.25, 0.3) is 0 Å². The van der Waals surface area contributed by atoms with E-state index in [2.05, 4.69) is 23.8 Å². The smallest absolute Gasteiger partial charge is 0.191 e. The van der Waals surface area contributed by atoms with Gasteiger partial charge in [0.2, 0.25) is 0 Å². The van der Waals surface area contributed by atoms with Crippen molar-refractivity contribution in [3.05, 3.63) is 0 Å². The molecule has 0 aromatic carbocycles. The highest BCUT2D eigenvalue weighted by Crippen LogP contribution is 2.32. The zero-order valence-electron chi connectivity index (χ0n) is 13.9. The molecule has 0 spiro atoms. The molecule has 7 heteroatoms. The molecule has 0 aromatic heterocycles. The standard InChI is InChI=1S/C15H31N3O2S.HI/c1-3-16-14(17-8-4-5-11-21-2)18-12-15(6-9-19)7-10-20-13-15;/h19H,3-13H2,1-2H3,(H2,16,17,18);1H. The summed E-state index contributed by atoms with van der Waals surface area (Å²) in [5, 5.41) is 15.9. The summed E-state index contributed by atoms with van der Waals surface area (Å²) in [4.78, 5) is 4.70. The van der Waals surface area contributed by atoms with E-state index in [9.17, 15) is 5.11 Å². The molecule has 0 aromatic rings. The lowest BCUT2D eigenvalue weighted by Crippen LogP contribution is -2.39. The fraction of sp³-hybridized carbons (Fsp3) is 0.933. The summed E-state index contributed by atoms with van der Waals surface area (Å²) in [5.74, 6) is 2.10. The molecule has 22 heavy (non-hydrogen) atoms. The first-order valence-electron chi connectivity index (χ1n) is 7.96. The van der Waals surface area contributed by atoms with Crippen LogP contribution < -0.4 is 10.6 Å². The maximum absolute atomic E-state index is 9.25. The highest BCUT2D eigenvalue weighted by Gasteiger charge is 2.34. The molecule has 1 saturated heterocycles. The van der Waals surface area contributed by atoms with Gasteiger partial charge in [0.15, 0.2) is 5.96 Å². The average Bonchev–Trinajstić information content (AvgIpc) is 2.94. The molecule has 132 valence electrons. The average molecular weight is 445 g/mol. The quantitative estimate of drug-likeness (QED) is 0.208. The number of unbranched alkanes of at least 4 members (excludes halogenated alkanes) is 1. The minimum Gasteiger partial charge on any atom is -0.396 e. The molecular formula is C15H32IN3O2S. The van der Waals surface area contributed by atoms with Crippen LogP contribution in [-0.4, -0.2) is 62.5 Å². The van der Waals surface area contributed by atoms with Gasteiger partial charge in [-0.05, 0) is 44.6 Å². The topological polar surface area (TPSA) is 65.9 Å². The van der Waals surface area contributed by atoms with Crippen LogP contribution in [0, 0.1) is 5.41 Å². The van der Waals surface area contributed by atoms with Crippen LogP contribution in [0.4, 0.5) is 0 Å². The number of aliphatic hydroxyl groups is 1. The summed E-state index contributed by atoms with van der Waals surface area (Å²) in [7, 11) is 0. The zero-order chi connectivity index (χ0) is 15.4. The van der Waals surface area contributed by atoms with Crippen molar-refractivity contribution in [1.29, 1.82) is 0 Å². The van der Waals surface area contributed by atoms with Crippen molar-refractivity contribution in [3.8, 4) is 0 Å². The van der Waals surface area contributed by atoms with Crippen LogP contribution in [0.15, 0.2) is 4.99 Å². The molecule has 1 fully saturated rings. The molecule has 1 unspecified atom stereocenters. The van der Waals surface area contributed by atoms with Gasteiger partial charge in [-0.1, -0.05) is 0 Å². The number of halogens is 1. The molecule has 0 aliphatic carbocycles. The molecule has 3 N–H and O–H groups in total. The fourth-order valence-corrected chi connectivity index (χ4v) is 2.95. The van der Waals surface area contributed by atoms with Gasteiger partial charge in [-0.25, -0.2) is 0 Å². The largest absolute Gasteiger partial charge is 0.396 e. The van der Waals surface area contributed by atoms with Crippen molar-refractivity contribution >= 4 is 41.7 Å². The Morgan fingerprint density at radius 3 is 2.77 bits per heavy atom. The number of nitrogens with one attached hydrogen (secondary N) is 2. The maximum atomic E-state index is 9.25. The van der Waals surface area contributed by atoms with Gasteiger partial charge in [0.1, 0.15) is 0 Å². The van der Waals surface area contributed by atoms with Gasteiger partial charge < -0.3 is 20.5 Å². The van der Waals surface area contributed by atoms with E-state index in [0.29, 0.717) is 13.2 Å². The Labute approximate surface area is 156 Å². The van der Waals surface area contributed by atoms with Gasteiger partial charge in [-0.15, -0.1) is 24.0 Å². The van der Waals surface area contributed by atoms with E-state index in [1.165, 1.54) is 12.2 Å². The highest BCUT2D eigenvalue weighted by molar-refractivity contribution is 14.0. The Kier molecular flexibility index (Phi) is 13.9. The number of thioether (sulfide) groups is 1. The number of aliphatic hydroxyl groups excluding tert-OH is 1. The van der Waals surface area contributed by atoms with E-state index in [1.807, 2.05) is 11.8 Å². The number of hydrogen-bond donors (Lipinski definition) is 3. The second-order valence-electron chi connectivity index (χ2n) is 5.60. The van der Waals surface area contributed by atoms with E-state index in [4.69, 9.17) is 9.73 Å². The maximum Gasteiger partial charge on any atom is 0.191 e. The summed E-state index contributed by atoms with van der Waals surface area (Å²) >= 11 is 1.89. The molecular weight excluding hydrogens is 413 g/mol. The predicted molar refractivity (Wildman–Crippen MR) is 107 cm³/mol. The summed E-state index contributed by atoms with van der Waals surface area (Å²) in [6.45, 7) is 6.31. The minimum absolute atomic E-state index is 0. The molecule has 0 bridgehead atoms. The zero-order valence-corrected chi connectivity index (χ0v) is 17.0. The van der Waals surface area contributed by atoms with Crippen LogP contribution in [0.3, 0.4) is 0 Å². The van der Waals surface area contributed by atoms with Crippen LogP contribution in [0.5, 0.6) is 0 Å². The Balaban J connectivity index is 0.00000441. The van der Waals surface area contributed by atoms with Gasteiger partial charge >= 0.3 is 0 Å². The molecule has 1 atom stereocenters. The lowest BCUT2D eigenvalue weighted by Gasteiger charge is -2.24. The first kappa shape index (κ1) is 22.3. The summed E-state index contributed by atoms with van der Waals surface area (Å²) < 4.78 is 5.51. The normalized spacial score (nSPS) is 21.5. The number of guanidine groups is 1. The Hall–Kier alpha value is 0.270. The third-order valence-corrected chi connectivity index (χ3v) is 4.51. The van der Waals surface area contributed by atoms with Crippen molar-refractivity contribution in [2.24, 2.45) is 10.4 Å². The molecule has 1 rings (SSSR count). The Morgan fingerprint density at radius 1 is 1.36 bits per heavy atom. The van der Waals surface area contributed by atoms with Crippen LogP contribution in [0.2, 0.25) is 0 Å². The monoisotopic (exact) mass is 445 g/mol. The third kappa shape index (κ3) is 8.79. The van der Waals surface area contributed by atoms with Crippen molar-refractivity contribution in [2.45, 2.75) is 32.6 Å². The van der Waals surface area contributed by atoms with E-state index in [-0.39, 0.29) is 36.0 Å². The second-order valence-corrected chi connectivity index (χ2v) is 6.58. The number of nitrogens with zero attached hydrogens (tertiary/aromatic N) is 1. The Bertz CT molecular complexity index is 301. The molecule has 1 aliphatic rings. The summed E-state index contributed by atoms with van der Waals surface area (Å²) in [6, 6.07) is 0. The first-order chi connectivity index (χ1) is 10.3. The van der Waals surface area contributed by atoms with Gasteiger partial charge in [-0.2, -0.15) is 11.8 Å². The number of aliphatic imine (C=N–C) groups is 1. The summed E-state index contributed by atoms with van der Waals surface area (Å²) in [6.07, 6.45) is 6.29. The van der Waals surface area contributed by atoms with Gasteiger partial charge in [0.05, 0.1) is 13.2 Å². The first-order valence-corrected chi connectivity index (χ1v) is 9.35. The lowest BCUT2D eigenvalue weighted by atomic mass is 9.84. The van der Waals surface area contributed by atoms with E-state index in [1.54, 1.807) is 0 Å². The fourth-order valence-electron chi connectivity index (χ4n) is 2.45. The van der Waals surface area contributed by atoms with Crippen molar-refractivity contribution in [2.75, 3.05) is 51.5 Å². The van der Waals surface area contributed by atoms with Gasteiger partial charge in [-0.3, -0.25) is 4.99 Å². The van der Waals surface area contributed by atoms with Crippen molar-refractivity contribution in [3.63, 3.8) is 0 Å². The van der Waals surface area contributed by atoms with E-state index in [0.717, 1.165) is 44.9 Å². The summed E-state index contributed by atoms with van der Waals surface area (Å²) in [5.41, 5.74) is 0.0238. The van der Waals surface area contributed by atoms with E-state index < -0.39 is 0 Å². The molecule has 1 aliphatic heterocycles. The van der Waals surface area contributed by atoms with Crippen LogP contribution in [0.1, 0.15) is 32.6 Å². The van der Waals surface area contributed by atoms with Crippen molar-refractivity contribution in [1.82, 2.24) is 10.6 Å². The molecule has 0 radical (unpaired) electrons. The predicted octanol–water partition coefficient (Wildman–Crippen LogP) is 2.09. The highest BCUT2D eigenvalue weighted by atomic mass is 127. The van der Waals surface area contributed by atoms with Crippen LogP contribution >= 0.6 is 35.7 Å². The minimum atomic E-state index is 0. The number of rotatable bonds is 10. The molecule has 5 nitrogen and oxygen atoms in total. The SMILES string of the molecule is CCNC(=NCC1(CCO)CCOC1)NCCCCSC.I. The molecule has 0 amide bonds. The molecule has 1 heterocycles. The van der Waals surface area contributed by atoms with Gasteiger partial charge in [0, 0.05) is 31.7 Å². The molecule has 0 saturated carbocycles. The van der Waals surface area contributed by atoms with E-state index >= 15 is 0 Å². The second kappa shape index (κ2) is 13.7.